The lowest BCUT2D eigenvalue weighted by molar-refractivity contribution is -0.172. The van der Waals surface area contributed by atoms with Gasteiger partial charge < -0.3 is 20.2 Å². The van der Waals surface area contributed by atoms with Gasteiger partial charge in [-0.25, -0.2) is 4.79 Å². The maximum atomic E-state index is 12.1. The van der Waals surface area contributed by atoms with Gasteiger partial charge in [-0.1, -0.05) is 12.1 Å². The van der Waals surface area contributed by atoms with Crippen LogP contribution < -0.4 is 10.8 Å². The van der Waals surface area contributed by atoms with Gasteiger partial charge in [-0.2, -0.15) is 0 Å². The van der Waals surface area contributed by atoms with Crippen molar-refractivity contribution in [1.29, 1.82) is 0 Å². The number of imide groups is 1. The number of nitrogen functional groups attached to an aromatic ring is 1. The third kappa shape index (κ3) is 5.32. The van der Waals surface area contributed by atoms with Gasteiger partial charge in [0.1, 0.15) is 0 Å². The van der Waals surface area contributed by atoms with Crippen LogP contribution in [0, 0.1) is 12.1 Å². The molecule has 148 valence electrons. The first-order valence-corrected chi connectivity index (χ1v) is 9.91. The summed E-state index contributed by atoms with van der Waals surface area (Å²) in [5.41, 5.74) is 10.7. The molecule has 1 atom stereocenters. The first-order chi connectivity index (χ1) is 14.0. The van der Waals surface area contributed by atoms with E-state index in [1.807, 2.05) is 12.1 Å². The monoisotopic (exact) mass is 411 g/mol. The fraction of sp³-hybridized carbons (Fsp3) is 0.150. The van der Waals surface area contributed by atoms with E-state index < -0.39 is 26.1 Å². The second kappa shape index (κ2) is 9.20. The maximum Gasteiger partial charge on any atom is 0.363 e. The predicted octanol–water partition coefficient (Wildman–Crippen LogP) is 3.02. The summed E-state index contributed by atoms with van der Waals surface area (Å²) in [4.78, 5) is 40.0. The molecule has 2 amide bonds. The second-order valence-electron chi connectivity index (χ2n) is 6.09. The number of hydroxylamine groups is 2. The zero-order valence-corrected chi connectivity index (χ0v) is 16.2. The number of anilines is 2. The molecule has 3 rings (SSSR count). The smallest absolute Gasteiger partial charge is 0.363 e. The average molecular weight is 411 g/mol. The van der Waals surface area contributed by atoms with Crippen LogP contribution in [0.1, 0.15) is 28.8 Å². The van der Waals surface area contributed by atoms with E-state index >= 15 is 0 Å². The molecule has 1 heterocycles. The quantitative estimate of drug-likeness (QED) is 0.312. The van der Waals surface area contributed by atoms with Crippen LogP contribution in [-0.2, 0) is 25.6 Å². The minimum absolute atomic E-state index is 0.0426. The van der Waals surface area contributed by atoms with E-state index in [0.717, 1.165) is 5.56 Å². The number of rotatable bonds is 7. The van der Waals surface area contributed by atoms with Gasteiger partial charge in [0.15, 0.2) is 0 Å². The lowest BCUT2D eigenvalue weighted by Gasteiger charge is -2.15. The molecule has 2 aromatic carbocycles. The molecule has 0 bridgehead atoms. The van der Waals surface area contributed by atoms with Gasteiger partial charge in [0, 0.05) is 24.2 Å². The minimum Gasteiger partial charge on any atom is -0.399 e. The highest BCUT2D eigenvalue weighted by atomic mass is 31.2. The first kappa shape index (κ1) is 20.3. The van der Waals surface area contributed by atoms with E-state index in [9.17, 15) is 14.4 Å². The normalized spacial score (nSPS) is 14.4. The van der Waals surface area contributed by atoms with E-state index in [0.29, 0.717) is 23.0 Å². The zero-order valence-electron chi connectivity index (χ0n) is 15.3. The lowest BCUT2D eigenvalue weighted by Crippen LogP contribution is -2.32. The van der Waals surface area contributed by atoms with Gasteiger partial charge in [-0.15, -0.1) is 11.5 Å². The third-order valence-electron chi connectivity index (χ3n) is 3.99. The Labute approximate surface area is 168 Å². The van der Waals surface area contributed by atoms with Crippen molar-refractivity contribution in [2.24, 2.45) is 0 Å². The van der Waals surface area contributed by atoms with E-state index in [2.05, 4.69) is 10.7 Å². The fourth-order valence-corrected chi connectivity index (χ4v) is 3.31. The number of hydrogen-bond acceptors (Lipinski definition) is 7. The molecule has 3 N–H and O–H groups in total. The van der Waals surface area contributed by atoms with Crippen molar-refractivity contribution in [1.82, 2.24) is 5.06 Å². The summed E-state index contributed by atoms with van der Waals surface area (Å²) in [6, 6.07) is 13.5. The molecule has 0 radical (unpaired) electrons. The minimum atomic E-state index is -1.38. The highest BCUT2D eigenvalue weighted by molar-refractivity contribution is 7.59. The molecule has 1 unspecified atom stereocenters. The molecule has 0 saturated carbocycles. The Bertz CT molecular complexity index is 938. The summed E-state index contributed by atoms with van der Waals surface area (Å²) in [6.07, 6.45) is 5.62. The number of nitrogens with one attached hydrogen (secondary N) is 1. The van der Waals surface area contributed by atoms with Gasteiger partial charge in [-0.05, 0) is 47.6 Å². The molecule has 2 aromatic rings. The van der Waals surface area contributed by atoms with E-state index in [4.69, 9.17) is 21.5 Å². The van der Waals surface area contributed by atoms with Gasteiger partial charge in [0.25, 0.3) is 11.8 Å². The molecule has 8 nitrogen and oxygen atoms in total. The molecule has 9 heteroatoms. The second-order valence-corrected chi connectivity index (χ2v) is 7.42. The van der Waals surface area contributed by atoms with Crippen LogP contribution in [0.25, 0.3) is 0 Å². The Hall–Kier alpha value is -3.40. The van der Waals surface area contributed by atoms with Crippen molar-refractivity contribution in [3.05, 3.63) is 59.7 Å². The molecule has 0 aromatic heterocycles. The average Bonchev–Trinajstić information content (AvgIpc) is 3.04. The summed E-state index contributed by atoms with van der Waals surface area (Å²) < 4.78 is 5.71. The number of nitrogens with zero attached hydrogens (tertiary/aromatic N) is 1. The van der Waals surface area contributed by atoms with Crippen molar-refractivity contribution >= 4 is 37.5 Å². The Morgan fingerprint density at radius 3 is 2.31 bits per heavy atom. The SMILES string of the molecule is C#CP(Nc1ccc(C(=O)ON2C(=O)CCC2=O)cc1)OCc1ccc(N)cc1. The summed E-state index contributed by atoms with van der Waals surface area (Å²) in [7, 11) is -1.38. The van der Waals surface area contributed by atoms with Crippen molar-refractivity contribution in [3.8, 4) is 12.1 Å². The van der Waals surface area contributed by atoms with Crippen molar-refractivity contribution in [3.63, 3.8) is 0 Å². The highest BCUT2D eigenvalue weighted by Gasteiger charge is 2.33. The number of terminal acetylenes is 1. The predicted molar refractivity (Wildman–Crippen MR) is 108 cm³/mol. The van der Waals surface area contributed by atoms with Crippen LogP contribution in [0.15, 0.2) is 48.5 Å². The Balaban J connectivity index is 1.55. The number of nitrogens with two attached hydrogens (primary N) is 1. The molecule has 1 saturated heterocycles. The zero-order chi connectivity index (χ0) is 20.8. The molecule has 1 fully saturated rings. The Morgan fingerprint density at radius 2 is 1.72 bits per heavy atom. The lowest BCUT2D eigenvalue weighted by atomic mass is 10.2. The Morgan fingerprint density at radius 1 is 1.10 bits per heavy atom. The van der Waals surface area contributed by atoms with Gasteiger partial charge >= 0.3 is 5.97 Å². The van der Waals surface area contributed by atoms with Crippen LogP contribution in [0.5, 0.6) is 0 Å². The van der Waals surface area contributed by atoms with Crippen molar-refractivity contribution in [2.45, 2.75) is 19.4 Å². The third-order valence-corrected chi connectivity index (χ3v) is 5.07. The number of amides is 2. The standard InChI is InChI=1S/C20H18N3O5P/c1-2-29(27-13-14-3-7-16(21)8-4-14)22-17-9-5-15(6-10-17)20(26)28-23-18(24)11-12-19(23)25/h1,3-10,22H,11-13,21H2. The number of benzene rings is 2. The molecule has 1 aliphatic heterocycles. The van der Waals surface area contributed by atoms with Crippen molar-refractivity contribution < 1.29 is 23.7 Å². The molecular weight excluding hydrogens is 393 g/mol. The number of hydrogen-bond donors (Lipinski definition) is 2. The first-order valence-electron chi connectivity index (χ1n) is 8.65. The van der Waals surface area contributed by atoms with Crippen molar-refractivity contribution in [2.75, 3.05) is 10.8 Å². The summed E-state index contributed by atoms with van der Waals surface area (Å²) in [6.45, 7) is 0.325. The molecule has 29 heavy (non-hydrogen) atoms. The summed E-state index contributed by atoms with van der Waals surface area (Å²) >= 11 is 0. The topological polar surface area (TPSA) is 111 Å². The van der Waals surface area contributed by atoms with Gasteiger partial charge in [0.05, 0.1) is 12.2 Å². The van der Waals surface area contributed by atoms with Crippen LogP contribution in [-0.4, -0.2) is 22.8 Å². The Kier molecular flexibility index (Phi) is 6.45. The van der Waals surface area contributed by atoms with Crippen LogP contribution in [0.4, 0.5) is 11.4 Å². The molecule has 0 spiro atoms. The summed E-state index contributed by atoms with van der Waals surface area (Å²) in [5.74, 6) is -1.85. The van der Waals surface area contributed by atoms with E-state index in [-0.39, 0.29) is 18.4 Å². The van der Waals surface area contributed by atoms with Crippen LogP contribution >= 0.6 is 8.30 Å². The van der Waals surface area contributed by atoms with E-state index in [1.165, 1.54) is 12.1 Å². The maximum absolute atomic E-state index is 12.1. The molecule has 0 aliphatic carbocycles. The van der Waals surface area contributed by atoms with Gasteiger partial charge in [-0.3, -0.25) is 9.59 Å². The van der Waals surface area contributed by atoms with Crippen LogP contribution in [0.3, 0.4) is 0 Å². The largest absolute Gasteiger partial charge is 0.399 e. The summed E-state index contributed by atoms with van der Waals surface area (Å²) in [5, 5.41) is 3.59. The molecule has 1 aliphatic rings. The fourth-order valence-electron chi connectivity index (χ4n) is 2.45. The van der Waals surface area contributed by atoms with E-state index in [1.54, 1.807) is 24.3 Å². The van der Waals surface area contributed by atoms with Gasteiger partial charge in [0.2, 0.25) is 8.30 Å². The number of carbonyl (C=O) groups is 3. The van der Waals surface area contributed by atoms with Crippen LogP contribution in [0.2, 0.25) is 0 Å². The molecular formula is C20H18N3O5P. The number of carbonyl (C=O) groups excluding carboxylic acids is 3. The highest BCUT2D eigenvalue weighted by Crippen LogP contribution is 2.37.